The van der Waals surface area contributed by atoms with Crippen molar-refractivity contribution < 1.29 is 4.90 Å². The van der Waals surface area contributed by atoms with E-state index in [2.05, 4.69) is 17.2 Å². The minimum absolute atomic E-state index is 0.807. The third kappa shape index (κ3) is 3.00. The van der Waals surface area contributed by atoms with Crippen LogP contribution in [0.4, 0.5) is 0 Å². The lowest BCUT2D eigenvalue weighted by molar-refractivity contribution is -0.958. The SMILES string of the molecule is S=c1n(-c2ccccc2)cnn1C[NH+]1CCC[C@@H]2CCCC[C@@H]21. The molecule has 0 radical (unpaired) electrons. The van der Waals surface area contributed by atoms with Gasteiger partial charge in [0.05, 0.1) is 12.6 Å². The largest absolute Gasteiger partial charge is 0.314 e. The van der Waals surface area contributed by atoms with E-state index >= 15 is 0 Å². The van der Waals surface area contributed by atoms with Gasteiger partial charge in [0.1, 0.15) is 6.33 Å². The van der Waals surface area contributed by atoms with Gasteiger partial charge in [0.25, 0.3) is 0 Å². The van der Waals surface area contributed by atoms with Crippen molar-refractivity contribution in [1.82, 2.24) is 14.3 Å². The number of nitrogens with zero attached hydrogens (tertiary/aromatic N) is 3. The molecule has 2 heterocycles. The highest BCUT2D eigenvalue weighted by molar-refractivity contribution is 7.71. The van der Waals surface area contributed by atoms with Gasteiger partial charge in [-0.05, 0) is 56.5 Å². The average molecular weight is 329 g/mol. The number of piperidine rings is 1. The lowest BCUT2D eigenvalue weighted by atomic mass is 9.78. The summed E-state index contributed by atoms with van der Waals surface area (Å²) in [7, 11) is 0. The van der Waals surface area contributed by atoms with Gasteiger partial charge in [-0.3, -0.25) is 4.57 Å². The Morgan fingerprint density at radius 2 is 1.87 bits per heavy atom. The van der Waals surface area contributed by atoms with E-state index in [4.69, 9.17) is 12.2 Å². The van der Waals surface area contributed by atoms with Gasteiger partial charge in [0.15, 0.2) is 6.67 Å². The fourth-order valence-electron chi connectivity index (χ4n) is 4.47. The Kier molecular flexibility index (Phi) is 4.31. The summed E-state index contributed by atoms with van der Waals surface area (Å²) in [5.74, 6) is 0.929. The minimum Gasteiger partial charge on any atom is -0.314 e. The molecular formula is C18H25N4S+. The van der Waals surface area contributed by atoms with Crippen molar-refractivity contribution in [3.8, 4) is 5.69 Å². The lowest BCUT2D eigenvalue weighted by Crippen LogP contribution is -3.17. The fraction of sp³-hybridized carbons (Fsp3) is 0.556. The van der Waals surface area contributed by atoms with Gasteiger partial charge in [0, 0.05) is 11.6 Å². The number of aromatic nitrogens is 3. The van der Waals surface area contributed by atoms with Crippen molar-refractivity contribution in [3.63, 3.8) is 0 Å². The number of rotatable bonds is 3. The van der Waals surface area contributed by atoms with Crippen molar-refractivity contribution in [1.29, 1.82) is 0 Å². The second-order valence-electron chi connectivity index (χ2n) is 6.98. The van der Waals surface area contributed by atoms with Crippen molar-refractivity contribution in [2.24, 2.45) is 5.92 Å². The highest BCUT2D eigenvalue weighted by Crippen LogP contribution is 2.28. The fourth-order valence-corrected chi connectivity index (χ4v) is 4.73. The molecule has 4 rings (SSSR count). The molecule has 1 unspecified atom stereocenters. The van der Waals surface area contributed by atoms with Gasteiger partial charge < -0.3 is 4.90 Å². The Labute approximate surface area is 142 Å². The number of hydrogen-bond acceptors (Lipinski definition) is 2. The smallest absolute Gasteiger partial charge is 0.207 e. The first kappa shape index (κ1) is 15.1. The van der Waals surface area contributed by atoms with Crippen LogP contribution in [-0.4, -0.2) is 26.9 Å². The highest BCUT2D eigenvalue weighted by atomic mass is 32.1. The molecule has 1 aliphatic heterocycles. The molecule has 3 atom stereocenters. The third-order valence-electron chi connectivity index (χ3n) is 5.63. The summed E-state index contributed by atoms with van der Waals surface area (Å²) in [4.78, 5) is 1.69. The second kappa shape index (κ2) is 6.57. The average Bonchev–Trinajstić information content (AvgIpc) is 2.97. The van der Waals surface area contributed by atoms with E-state index in [1.165, 1.54) is 45.1 Å². The van der Waals surface area contributed by atoms with Crippen LogP contribution in [0, 0.1) is 10.7 Å². The van der Waals surface area contributed by atoms with E-state index in [-0.39, 0.29) is 0 Å². The number of benzene rings is 1. The molecule has 1 saturated carbocycles. The summed E-state index contributed by atoms with van der Waals surface area (Å²) in [6, 6.07) is 11.1. The van der Waals surface area contributed by atoms with Crippen molar-refractivity contribution in [2.45, 2.75) is 51.2 Å². The zero-order chi connectivity index (χ0) is 15.6. The normalized spacial score (nSPS) is 27.6. The molecule has 5 heteroatoms. The molecule has 2 fully saturated rings. The van der Waals surface area contributed by atoms with E-state index < -0.39 is 0 Å². The minimum atomic E-state index is 0.807. The topological polar surface area (TPSA) is 27.2 Å². The monoisotopic (exact) mass is 329 g/mol. The van der Waals surface area contributed by atoms with Crippen molar-refractivity contribution >= 4 is 12.2 Å². The van der Waals surface area contributed by atoms with E-state index in [9.17, 15) is 0 Å². The highest BCUT2D eigenvalue weighted by Gasteiger charge is 2.36. The molecule has 0 spiro atoms. The first-order valence-electron chi connectivity index (χ1n) is 8.87. The Hall–Kier alpha value is -1.46. The Balaban J connectivity index is 1.55. The number of fused-ring (bicyclic) bond motifs is 1. The van der Waals surface area contributed by atoms with Crippen LogP contribution in [0.5, 0.6) is 0 Å². The molecule has 2 aromatic rings. The Morgan fingerprint density at radius 3 is 2.74 bits per heavy atom. The molecule has 1 aromatic carbocycles. The van der Waals surface area contributed by atoms with Gasteiger partial charge in [-0.25, -0.2) is 0 Å². The molecule has 0 bridgehead atoms. The summed E-state index contributed by atoms with van der Waals surface area (Å²) >= 11 is 5.67. The number of likely N-dealkylation sites (tertiary alicyclic amines) is 1. The van der Waals surface area contributed by atoms with Crippen molar-refractivity contribution in [2.75, 3.05) is 6.54 Å². The third-order valence-corrected chi connectivity index (χ3v) is 6.03. The van der Waals surface area contributed by atoms with Crippen LogP contribution in [0.15, 0.2) is 36.7 Å². The zero-order valence-corrected chi connectivity index (χ0v) is 14.3. The van der Waals surface area contributed by atoms with Crippen LogP contribution in [0.25, 0.3) is 5.69 Å². The van der Waals surface area contributed by atoms with Crippen LogP contribution < -0.4 is 4.90 Å². The number of nitrogens with one attached hydrogen (secondary N) is 1. The number of hydrogen-bond donors (Lipinski definition) is 1. The first-order chi connectivity index (χ1) is 11.3. The summed E-state index contributed by atoms with van der Waals surface area (Å²) in [5.41, 5.74) is 1.09. The predicted octanol–water partition coefficient (Wildman–Crippen LogP) is 2.60. The Bertz CT molecular complexity index is 703. The molecule has 1 saturated heterocycles. The van der Waals surface area contributed by atoms with Gasteiger partial charge in [0.2, 0.25) is 4.77 Å². The molecule has 1 N–H and O–H groups in total. The maximum Gasteiger partial charge on any atom is 0.207 e. The molecular weight excluding hydrogens is 304 g/mol. The standard InChI is InChI=1S/C18H24N4S/c23-18-21(16-9-2-1-3-10-16)13-19-22(18)14-20-12-6-8-15-7-4-5-11-17(15)20/h1-3,9-10,13,15,17H,4-8,11-12,14H2/p+1/t15-,17-/m0/s1. The Morgan fingerprint density at radius 1 is 1.09 bits per heavy atom. The summed E-state index contributed by atoms with van der Waals surface area (Å²) in [5, 5.41) is 4.58. The van der Waals surface area contributed by atoms with Crippen LogP contribution in [0.3, 0.4) is 0 Å². The zero-order valence-electron chi connectivity index (χ0n) is 13.5. The predicted molar refractivity (Wildman–Crippen MR) is 93.2 cm³/mol. The lowest BCUT2D eigenvalue weighted by Gasteiger charge is -2.40. The maximum absolute atomic E-state index is 5.67. The summed E-state index contributed by atoms with van der Waals surface area (Å²) < 4.78 is 4.84. The van der Waals surface area contributed by atoms with Gasteiger partial charge in [-0.1, -0.05) is 24.6 Å². The van der Waals surface area contributed by atoms with E-state index in [1.807, 2.05) is 33.8 Å². The van der Waals surface area contributed by atoms with Crippen LogP contribution in [0.1, 0.15) is 38.5 Å². The maximum atomic E-state index is 5.67. The first-order valence-corrected chi connectivity index (χ1v) is 9.28. The molecule has 23 heavy (non-hydrogen) atoms. The van der Waals surface area contributed by atoms with Crippen LogP contribution >= 0.6 is 12.2 Å². The second-order valence-corrected chi connectivity index (χ2v) is 7.34. The molecule has 0 amide bonds. The number of para-hydroxylation sites is 1. The molecule has 1 aromatic heterocycles. The van der Waals surface area contributed by atoms with Crippen LogP contribution in [0.2, 0.25) is 0 Å². The van der Waals surface area contributed by atoms with Gasteiger partial charge >= 0.3 is 0 Å². The molecule has 4 nitrogen and oxygen atoms in total. The number of quaternary nitrogens is 1. The van der Waals surface area contributed by atoms with Crippen molar-refractivity contribution in [3.05, 3.63) is 41.4 Å². The quantitative estimate of drug-likeness (QED) is 0.877. The van der Waals surface area contributed by atoms with E-state index in [0.29, 0.717) is 0 Å². The van der Waals surface area contributed by atoms with Gasteiger partial charge in [-0.2, -0.15) is 9.78 Å². The molecule has 2 aliphatic rings. The van der Waals surface area contributed by atoms with Gasteiger partial charge in [-0.15, -0.1) is 0 Å². The molecule has 1 aliphatic carbocycles. The van der Waals surface area contributed by atoms with E-state index in [1.54, 1.807) is 4.90 Å². The van der Waals surface area contributed by atoms with Crippen LogP contribution in [-0.2, 0) is 6.67 Å². The van der Waals surface area contributed by atoms with E-state index in [0.717, 1.165) is 29.1 Å². The molecule has 122 valence electrons. The summed E-state index contributed by atoms with van der Waals surface area (Å²) in [6.45, 7) is 2.18. The summed E-state index contributed by atoms with van der Waals surface area (Å²) in [6.07, 6.45) is 10.3.